The zero-order chi connectivity index (χ0) is 13.0. The fourth-order valence-electron chi connectivity index (χ4n) is 1.35. The van der Waals surface area contributed by atoms with Crippen molar-refractivity contribution in [3.63, 3.8) is 0 Å². The summed E-state index contributed by atoms with van der Waals surface area (Å²) in [6, 6.07) is 4.49. The number of nitrogens with zero attached hydrogens (tertiary/aromatic N) is 1. The maximum atomic E-state index is 13.4. The molecule has 1 aromatic rings. The van der Waals surface area contributed by atoms with Crippen LogP contribution in [-0.2, 0) is 11.3 Å². The van der Waals surface area contributed by atoms with E-state index in [1.807, 2.05) is 0 Å². The Labute approximate surface area is 107 Å². The highest BCUT2D eigenvalue weighted by Gasteiger charge is 2.18. The standard InChI is InChI=1S/C11H14BrFN2O2/c1-15(11(17)10(16)5-14)6-7-4-8(12)2-3-9(7)13/h2-4,10,16H,5-6,14H2,1H3. The maximum absolute atomic E-state index is 13.4. The molecule has 1 atom stereocenters. The van der Waals surface area contributed by atoms with Crippen molar-refractivity contribution in [1.29, 1.82) is 0 Å². The molecule has 0 aliphatic rings. The number of aliphatic hydroxyl groups is 1. The van der Waals surface area contributed by atoms with Gasteiger partial charge in [0.1, 0.15) is 11.9 Å². The van der Waals surface area contributed by atoms with Crippen molar-refractivity contribution in [2.75, 3.05) is 13.6 Å². The summed E-state index contributed by atoms with van der Waals surface area (Å²) >= 11 is 3.23. The van der Waals surface area contributed by atoms with E-state index in [9.17, 15) is 14.3 Å². The molecule has 1 unspecified atom stereocenters. The van der Waals surface area contributed by atoms with E-state index in [2.05, 4.69) is 15.9 Å². The number of hydrogen-bond donors (Lipinski definition) is 2. The van der Waals surface area contributed by atoms with E-state index in [1.54, 1.807) is 12.1 Å². The van der Waals surface area contributed by atoms with Crippen molar-refractivity contribution < 1.29 is 14.3 Å². The number of rotatable bonds is 4. The van der Waals surface area contributed by atoms with Crippen LogP contribution in [0.2, 0.25) is 0 Å². The fourth-order valence-corrected chi connectivity index (χ4v) is 1.76. The maximum Gasteiger partial charge on any atom is 0.252 e. The van der Waals surface area contributed by atoms with E-state index in [4.69, 9.17) is 5.73 Å². The summed E-state index contributed by atoms with van der Waals surface area (Å²) in [7, 11) is 1.49. The smallest absolute Gasteiger partial charge is 0.252 e. The first-order chi connectivity index (χ1) is 7.95. The highest BCUT2D eigenvalue weighted by Crippen LogP contribution is 2.17. The lowest BCUT2D eigenvalue weighted by Crippen LogP contribution is -2.40. The first-order valence-electron chi connectivity index (χ1n) is 5.02. The second-order valence-electron chi connectivity index (χ2n) is 3.68. The lowest BCUT2D eigenvalue weighted by molar-refractivity contribution is -0.138. The molecule has 0 saturated heterocycles. The largest absolute Gasteiger partial charge is 0.382 e. The van der Waals surface area contributed by atoms with Gasteiger partial charge in [0.2, 0.25) is 0 Å². The van der Waals surface area contributed by atoms with E-state index in [0.29, 0.717) is 5.56 Å². The van der Waals surface area contributed by atoms with Crippen molar-refractivity contribution in [2.24, 2.45) is 5.73 Å². The van der Waals surface area contributed by atoms with Gasteiger partial charge in [-0.15, -0.1) is 0 Å². The Bertz CT molecular complexity index is 414. The van der Waals surface area contributed by atoms with Gasteiger partial charge in [0.15, 0.2) is 0 Å². The number of halogens is 2. The summed E-state index contributed by atoms with van der Waals surface area (Å²) in [5.74, 6) is -0.915. The molecule has 1 aromatic carbocycles. The Balaban J connectivity index is 2.77. The number of carbonyl (C=O) groups is 1. The molecule has 0 radical (unpaired) electrons. The van der Waals surface area contributed by atoms with Crippen LogP contribution in [0.3, 0.4) is 0 Å². The number of benzene rings is 1. The molecule has 0 fully saturated rings. The number of amides is 1. The SMILES string of the molecule is CN(Cc1cc(Br)ccc1F)C(=O)C(O)CN. The van der Waals surface area contributed by atoms with Gasteiger partial charge in [0, 0.05) is 30.2 Å². The van der Waals surface area contributed by atoms with Gasteiger partial charge in [-0.25, -0.2) is 4.39 Å². The highest BCUT2D eigenvalue weighted by molar-refractivity contribution is 9.10. The summed E-state index contributed by atoms with van der Waals surface area (Å²) in [5.41, 5.74) is 5.55. The molecule has 17 heavy (non-hydrogen) atoms. The van der Waals surface area contributed by atoms with Gasteiger partial charge in [0.25, 0.3) is 5.91 Å². The normalized spacial score (nSPS) is 12.3. The highest BCUT2D eigenvalue weighted by atomic mass is 79.9. The van der Waals surface area contributed by atoms with E-state index < -0.39 is 17.8 Å². The van der Waals surface area contributed by atoms with E-state index in [-0.39, 0.29) is 13.1 Å². The zero-order valence-corrected chi connectivity index (χ0v) is 10.9. The lowest BCUT2D eigenvalue weighted by atomic mass is 10.2. The van der Waals surface area contributed by atoms with Crippen LogP contribution >= 0.6 is 15.9 Å². The average Bonchev–Trinajstić information content (AvgIpc) is 2.31. The third-order valence-electron chi connectivity index (χ3n) is 2.30. The number of aliphatic hydroxyl groups excluding tert-OH is 1. The molecule has 4 nitrogen and oxygen atoms in total. The molecule has 0 bridgehead atoms. The Morgan fingerprint density at radius 2 is 2.29 bits per heavy atom. The van der Waals surface area contributed by atoms with E-state index in [1.165, 1.54) is 18.0 Å². The predicted octanol–water partition coefficient (Wildman–Crippen LogP) is 0.866. The first-order valence-corrected chi connectivity index (χ1v) is 5.82. The van der Waals surface area contributed by atoms with Crippen molar-refractivity contribution in [3.8, 4) is 0 Å². The van der Waals surface area contributed by atoms with Crippen molar-refractivity contribution in [2.45, 2.75) is 12.6 Å². The molecule has 0 saturated carbocycles. The Morgan fingerprint density at radius 3 is 2.88 bits per heavy atom. The number of likely N-dealkylation sites (N-methyl/N-ethyl adjacent to an activating group) is 1. The molecule has 0 aromatic heterocycles. The molecule has 94 valence electrons. The molecule has 3 N–H and O–H groups in total. The summed E-state index contributed by atoms with van der Waals surface area (Å²) < 4.78 is 14.2. The van der Waals surface area contributed by atoms with Gasteiger partial charge in [-0.05, 0) is 18.2 Å². The summed E-state index contributed by atoms with van der Waals surface area (Å²) in [5, 5.41) is 9.28. The Kier molecular flexibility index (Phi) is 5.04. The molecular weight excluding hydrogens is 291 g/mol. The van der Waals surface area contributed by atoms with Gasteiger partial charge in [-0.1, -0.05) is 15.9 Å². The minimum Gasteiger partial charge on any atom is -0.382 e. The summed E-state index contributed by atoms with van der Waals surface area (Å²) in [4.78, 5) is 12.8. The zero-order valence-electron chi connectivity index (χ0n) is 9.36. The van der Waals surface area contributed by atoms with Crippen LogP contribution in [0.5, 0.6) is 0 Å². The van der Waals surface area contributed by atoms with Crippen LogP contribution < -0.4 is 5.73 Å². The van der Waals surface area contributed by atoms with Crippen molar-refractivity contribution in [3.05, 3.63) is 34.1 Å². The van der Waals surface area contributed by atoms with Gasteiger partial charge in [-0.2, -0.15) is 0 Å². The molecule has 0 aliphatic heterocycles. The second-order valence-corrected chi connectivity index (χ2v) is 4.60. The van der Waals surface area contributed by atoms with E-state index >= 15 is 0 Å². The summed E-state index contributed by atoms with van der Waals surface area (Å²) in [6.07, 6.45) is -1.24. The van der Waals surface area contributed by atoms with Gasteiger partial charge >= 0.3 is 0 Å². The Hall–Kier alpha value is -0.980. The van der Waals surface area contributed by atoms with Gasteiger partial charge in [0.05, 0.1) is 0 Å². The first kappa shape index (κ1) is 14.1. The van der Waals surface area contributed by atoms with Crippen LogP contribution in [0, 0.1) is 5.82 Å². The number of nitrogens with two attached hydrogens (primary N) is 1. The second kappa shape index (κ2) is 6.09. The molecule has 0 heterocycles. The topological polar surface area (TPSA) is 66.6 Å². The lowest BCUT2D eigenvalue weighted by Gasteiger charge is -2.20. The van der Waals surface area contributed by atoms with Gasteiger partial charge in [-0.3, -0.25) is 4.79 Å². The molecule has 1 amide bonds. The number of hydrogen-bond acceptors (Lipinski definition) is 3. The minimum atomic E-state index is -1.24. The Morgan fingerprint density at radius 1 is 1.65 bits per heavy atom. The molecular formula is C11H14BrFN2O2. The monoisotopic (exact) mass is 304 g/mol. The summed E-state index contributed by atoms with van der Waals surface area (Å²) in [6.45, 7) is -0.0642. The van der Waals surface area contributed by atoms with Crippen molar-refractivity contribution in [1.82, 2.24) is 4.90 Å². The molecule has 6 heteroatoms. The fraction of sp³-hybridized carbons (Fsp3) is 0.364. The van der Waals surface area contributed by atoms with Crippen LogP contribution in [0.4, 0.5) is 4.39 Å². The molecule has 0 spiro atoms. The quantitative estimate of drug-likeness (QED) is 0.867. The van der Waals surface area contributed by atoms with Crippen LogP contribution in [-0.4, -0.2) is 35.6 Å². The third-order valence-corrected chi connectivity index (χ3v) is 2.79. The number of carbonyl (C=O) groups excluding carboxylic acids is 1. The average molecular weight is 305 g/mol. The third kappa shape index (κ3) is 3.76. The van der Waals surface area contributed by atoms with Crippen LogP contribution in [0.15, 0.2) is 22.7 Å². The van der Waals surface area contributed by atoms with Crippen LogP contribution in [0.25, 0.3) is 0 Å². The predicted molar refractivity (Wildman–Crippen MR) is 65.6 cm³/mol. The minimum absolute atomic E-state index is 0.0845. The molecule has 1 rings (SSSR count). The molecule has 0 aliphatic carbocycles. The van der Waals surface area contributed by atoms with Gasteiger partial charge < -0.3 is 15.7 Å². The van der Waals surface area contributed by atoms with Crippen molar-refractivity contribution >= 4 is 21.8 Å². The van der Waals surface area contributed by atoms with Crippen LogP contribution in [0.1, 0.15) is 5.56 Å². The van der Waals surface area contributed by atoms with E-state index in [0.717, 1.165) is 4.47 Å².